The summed E-state index contributed by atoms with van der Waals surface area (Å²) in [6, 6.07) is 8.37. The van der Waals surface area contributed by atoms with Crippen LogP contribution in [0.15, 0.2) is 47.4 Å². The highest BCUT2D eigenvalue weighted by atomic mass is 35.5. The van der Waals surface area contributed by atoms with Crippen LogP contribution in [-0.4, -0.2) is 63.4 Å². The van der Waals surface area contributed by atoms with Gasteiger partial charge in [0.05, 0.1) is 10.6 Å². The van der Waals surface area contributed by atoms with Gasteiger partial charge < -0.3 is 15.4 Å². The first-order valence-electron chi connectivity index (χ1n) is 9.64. The molecule has 1 aliphatic rings. The minimum Gasteiger partial charge on any atom is -0.452 e. The van der Waals surface area contributed by atoms with E-state index in [1.807, 2.05) is 4.90 Å². The third-order valence-electron chi connectivity index (χ3n) is 4.81. The third-order valence-corrected chi connectivity index (χ3v) is 7.19. The number of nitrogens with two attached hydrogens (primary N) is 1. The Balaban J connectivity index is 1.70. The first-order valence-corrected chi connectivity index (χ1v) is 11.5. The van der Waals surface area contributed by atoms with Crippen LogP contribution in [0.1, 0.15) is 10.4 Å². The van der Waals surface area contributed by atoms with Gasteiger partial charge in [-0.15, -0.1) is 0 Å². The summed E-state index contributed by atoms with van der Waals surface area (Å²) in [5, 5.41) is 1.65. The Morgan fingerprint density at radius 1 is 1.06 bits per heavy atom. The van der Waals surface area contributed by atoms with Crippen molar-refractivity contribution in [2.45, 2.75) is 4.90 Å². The zero-order valence-corrected chi connectivity index (χ0v) is 18.7. The van der Waals surface area contributed by atoms with Crippen molar-refractivity contribution >= 4 is 45.2 Å². The van der Waals surface area contributed by atoms with Crippen molar-refractivity contribution in [1.29, 1.82) is 0 Å². The summed E-state index contributed by atoms with van der Waals surface area (Å²) in [5.41, 5.74) is 5.43. The first-order chi connectivity index (χ1) is 15.6. The Morgan fingerprint density at radius 3 is 2.30 bits per heavy atom. The number of urea groups is 1. The van der Waals surface area contributed by atoms with Crippen molar-refractivity contribution in [1.82, 2.24) is 9.62 Å². The first kappa shape index (κ1) is 24.4. The summed E-state index contributed by atoms with van der Waals surface area (Å²) >= 11 is 6.11. The van der Waals surface area contributed by atoms with Gasteiger partial charge in [0.2, 0.25) is 10.0 Å². The van der Waals surface area contributed by atoms with Gasteiger partial charge in [0.25, 0.3) is 5.91 Å². The third kappa shape index (κ3) is 5.97. The monoisotopic (exact) mass is 498 g/mol. The molecule has 0 unspecified atom stereocenters. The van der Waals surface area contributed by atoms with Crippen LogP contribution in [0.3, 0.4) is 0 Å². The zero-order chi connectivity index (χ0) is 24.2. The Kier molecular flexibility index (Phi) is 7.51. The number of halogens is 2. The lowest BCUT2D eigenvalue weighted by molar-refractivity contribution is -0.123. The van der Waals surface area contributed by atoms with E-state index in [1.54, 1.807) is 17.4 Å². The number of nitrogens with one attached hydrogen (secondary N) is 1. The summed E-state index contributed by atoms with van der Waals surface area (Å²) in [7, 11) is -4.04. The van der Waals surface area contributed by atoms with Crippen molar-refractivity contribution in [3.05, 3.63) is 58.9 Å². The lowest BCUT2D eigenvalue weighted by Gasteiger charge is -2.35. The van der Waals surface area contributed by atoms with Crippen molar-refractivity contribution in [3.8, 4) is 0 Å². The number of hydrogen-bond donors (Lipinski definition) is 2. The highest BCUT2D eigenvalue weighted by molar-refractivity contribution is 7.89. The maximum absolute atomic E-state index is 13.2. The maximum atomic E-state index is 13.2. The number of ether oxygens (including phenoxy) is 1. The highest BCUT2D eigenvalue weighted by Crippen LogP contribution is 2.28. The van der Waals surface area contributed by atoms with E-state index >= 15 is 0 Å². The number of carbonyl (C=O) groups is 3. The number of esters is 1. The van der Waals surface area contributed by atoms with Gasteiger partial charge in [0, 0.05) is 31.9 Å². The molecule has 3 rings (SSSR count). The van der Waals surface area contributed by atoms with Crippen molar-refractivity contribution in [2.24, 2.45) is 5.73 Å². The molecule has 13 heteroatoms. The fourth-order valence-electron chi connectivity index (χ4n) is 3.19. The predicted octanol–water partition coefficient (Wildman–Crippen LogP) is 1.34. The van der Waals surface area contributed by atoms with E-state index in [-0.39, 0.29) is 34.4 Å². The van der Waals surface area contributed by atoms with Crippen molar-refractivity contribution < 1.29 is 31.9 Å². The fraction of sp³-hybridized carbons (Fsp3) is 0.250. The molecular formula is C20H20ClFN4O6S. The van der Waals surface area contributed by atoms with Crippen LogP contribution < -0.4 is 16.0 Å². The molecule has 0 aromatic heterocycles. The van der Waals surface area contributed by atoms with Crippen LogP contribution in [0.5, 0.6) is 0 Å². The second kappa shape index (κ2) is 10.1. The van der Waals surface area contributed by atoms with Crippen LogP contribution in [0.2, 0.25) is 5.02 Å². The number of hydrogen-bond acceptors (Lipinski definition) is 7. The highest BCUT2D eigenvalue weighted by Gasteiger charge is 2.31. The predicted molar refractivity (Wildman–Crippen MR) is 117 cm³/mol. The quantitative estimate of drug-likeness (QED) is 0.573. The van der Waals surface area contributed by atoms with Gasteiger partial charge in [-0.2, -0.15) is 4.31 Å². The Hall–Kier alpha value is -3.22. The number of benzene rings is 2. The van der Waals surface area contributed by atoms with Crippen molar-refractivity contribution in [2.75, 3.05) is 37.7 Å². The smallest absolute Gasteiger partial charge is 0.338 e. The number of imide groups is 1. The maximum Gasteiger partial charge on any atom is 0.338 e. The number of primary amides is 1. The van der Waals surface area contributed by atoms with Crippen LogP contribution in [-0.2, 0) is 19.6 Å². The molecule has 1 fully saturated rings. The molecule has 3 N–H and O–H groups in total. The zero-order valence-electron chi connectivity index (χ0n) is 17.2. The van der Waals surface area contributed by atoms with Gasteiger partial charge in [-0.3, -0.25) is 10.1 Å². The van der Waals surface area contributed by atoms with Gasteiger partial charge in [-0.25, -0.2) is 22.4 Å². The number of carbonyl (C=O) groups excluding carboxylic acids is 3. The van der Waals surface area contributed by atoms with Crippen LogP contribution in [0, 0.1) is 5.82 Å². The molecule has 1 aliphatic heterocycles. The number of anilines is 1. The molecule has 3 amide bonds. The van der Waals surface area contributed by atoms with Crippen LogP contribution in [0.25, 0.3) is 0 Å². The Bertz CT molecular complexity index is 1170. The van der Waals surface area contributed by atoms with E-state index in [0.717, 1.165) is 11.8 Å². The van der Waals surface area contributed by atoms with Crippen LogP contribution in [0.4, 0.5) is 14.9 Å². The molecule has 0 spiro atoms. The van der Waals surface area contributed by atoms with Crippen LogP contribution >= 0.6 is 11.6 Å². The molecule has 0 radical (unpaired) electrons. The van der Waals surface area contributed by atoms with Gasteiger partial charge in [-0.05, 0) is 42.5 Å². The minimum atomic E-state index is -4.04. The molecule has 0 atom stereocenters. The lowest BCUT2D eigenvalue weighted by Crippen LogP contribution is -2.48. The summed E-state index contributed by atoms with van der Waals surface area (Å²) in [5.74, 6) is -2.28. The van der Waals surface area contributed by atoms with E-state index in [9.17, 15) is 27.2 Å². The largest absolute Gasteiger partial charge is 0.452 e. The number of sulfonamides is 1. The topological polar surface area (TPSA) is 139 Å². The van der Waals surface area contributed by atoms with E-state index in [0.29, 0.717) is 13.1 Å². The normalized spacial score (nSPS) is 14.5. The molecular weight excluding hydrogens is 479 g/mol. The van der Waals surface area contributed by atoms with Gasteiger partial charge in [-0.1, -0.05) is 11.6 Å². The number of amides is 3. The fourth-order valence-corrected chi connectivity index (χ4v) is 5.12. The van der Waals surface area contributed by atoms with E-state index < -0.39 is 34.5 Å². The molecule has 2 aromatic carbocycles. The number of rotatable bonds is 6. The summed E-state index contributed by atoms with van der Waals surface area (Å²) in [6.45, 7) is 0.270. The molecule has 33 heavy (non-hydrogen) atoms. The van der Waals surface area contributed by atoms with Gasteiger partial charge in [0.1, 0.15) is 10.7 Å². The second-order valence-electron chi connectivity index (χ2n) is 7.00. The Labute approximate surface area is 194 Å². The average molecular weight is 499 g/mol. The summed E-state index contributed by atoms with van der Waals surface area (Å²) in [6.07, 6.45) is 0. The molecule has 176 valence electrons. The molecule has 0 aliphatic carbocycles. The van der Waals surface area contributed by atoms with Gasteiger partial charge >= 0.3 is 12.0 Å². The second-order valence-corrected chi connectivity index (χ2v) is 9.31. The van der Waals surface area contributed by atoms with Crippen molar-refractivity contribution in [3.63, 3.8) is 0 Å². The van der Waals surface area contributed by atoms with E-state index in [4.69, 9.17) is 22.1 Å². The SMILES string of the molecule is NC(=O)NC(=O)COC(=O)c1ccc(Cl)c(S(=O)(=O)N2CCN(c3ccc(F)cc3)CC2)c1. The molecule has 2 aromatic rings. The summed E-state index contributed by atoms with van der Waals surface area (Å²) in [4.78, 5) is 35.9. The number of nitrogens with zero attached hydrogens (tertiary/aromatic N) is 2. The molecule has 0 saturated carbocycles. The average Bonchev–Trinajstić information content (AvgIpc) is 2.78. The minimum absolute atomic E-state index is 0.0843. The summed E-state index contributed by atoms with van der Waals surface area (Å²) < 4.78 is 45.5. The van der Waals surface area contributed by atoms with Gasteiger partial charge in [0.15, 0.2) is 6.61 Å². The molecule has 1 heterocycles. The van der Waals surface area contributed by atoms with E-state index in [2.05, 4.69) is 0 Å². The standard InChI is InChI=1S/C20H20ClFN4O6S/c21-16-6-1-13(19(28)32-12-18(27)24-20(23)29)11-17(16)33(30,31)26-9-7-25(8-10-26)15-4-2-14(22)3-5-15/h1-6,11H,7-10,12H2,(H3,23,24,27,29). The molecule has 1 saturated heterocycles. The number of piperazine rings is 1. The molecule has 0 bridgehead atoms. The van der Waals surface area contributed by atoms with E-state index in [1.165, 1.54) is 28.6 Å². The Morgan fingerprint density at radius 2 is 1.70 bits per heavy atom. The molecule has 10 nitrogen and oxygen atoms in total. The lowest BCUT2D eigenvalue weighted by atomic mass is 10.2.